The highest BCUT2D eigenvalue weighted by molar-refractivity contribution is 5.74. The van der Waals surface area contributed by atoms with Crippen molar-refractivity contribution in [3.05, 3.63) is 25.3 Å². The van der Waals surface area contributed by atoms with Crippen LogP contribution in [0.4, 0.5) is 4.79 Å². The van der Waals surface area contributed by atoms with E-state index in [1.165, 1.54) is 0 Å². The van der Waals surface area contributed by atoms with Crippen molar-refractivity contribution in [3.63, 3.8) is 0 Å². The summed E-state index contributed by atoms with van der Waals surface area (Å²) in [5.74, 6) is 0. The van der Waals surface area contributed by atoms with Crippen molar-refractivity contribution in [2.75, 3.05) is 19.7 Å². The second kappa shape index (κ2) is 6.24. The fourth-order valence-electron chi connectivity index (χ4n) is 1.47. The topological polar surface area (TPSA) is 41.6 Å². The van der Waals surface area contributed by atoms with Crippen molar-refractivity contribution in [1.29, 1.82) is 0 Å². The van der Waals surface area contributed by atoms with Gasteiger partial charge in [-0.2, -0.15) is 0 Å². The van der Waals surface area contributed by atoms with Crippen molar-refractivity contribution in [3.8, 4) is 0 Å². The molecular weight excluding hydrogens is 192 g/mol. The first-order chi connectivity index (χ1) is 7.27. The Balaban J connectivity index is 2.39. The number of nitrogens with zero attached hydrogens (tertiary/aromatic N) is 1. The minimum absolute atomic E-state index is 0.123. The Morgan fingerprint density at radius 1 is 1.47 bits per heavy atom. The monoisotopic (exact) mass is 210 g/mol. The smallest absolute Gasteiger partial charge is 0.319 e. The van der Waals surface area contributed by atoms with Crippen LogP contribution in [-0.2, 0) is 4.74 Å². The van der Waals surface area contributed by atoms with E-state index in [1.807, 2.05) is 0 Å². The molecule has 0 aromatic carbocycles. The van der Waals surface area contributed by atoms with E-state index in [1.54, 1.807) is 17.1 Å². The summed E-state index contributed by atoms with van der Waals surface area (Å²) < 4.78 is 5.32. The number of ether oxygens (including phenoxy) is 1. The number of nitrogens with one attached hydrogen (secondary N) is 1. The molecule has 4 nitrogen and oxygen atoms in total. The maximum Gasteiger partial charge on any atom is 0.319 e. The van der Waals surface area contributed by atoms with Gasteiger partial charge in [-0.1, -0.05) is 12.2 Å². The van der Waals surface area contributed by atoms with Crippen molar-refractivity contribution in [1.82, 2.24) is 10.2 Å². The molecule has 1 atom stereocenters. The number of hydrogen-bond acceptors (Lipinski definition) is 2. The molecule has 1 heterocycles. The molecular formula is C11H18N2O2. The van der Waals surface area contributed by atoms with E-state index in [4.69, 9.17) is 4.74 Å². The predicted molar refractivity (Wildman–Crippen MR) is 59.5 cm³/mol. The molecule has 15 heavy (non-hydrogen) atoms. The molecule has 2 amide bonds. The van der Waals surface area contributed by atoms with Gasteiger partial charge in [0.05, 0.1) is 0 Å². The number of carbonyl (C=O) groups excluding carboxylic acids is 1. The lowest BCUT2D eigenvalue weighted by atomic mass is 10.3. The minimum atomic E-state index is -0.130. The first-order valence-electron chi connectivity index (χ1n) is 5.16. The van der Waals surface area contributed by atoms with Crippen molar-refractivity contribution in [2.45, 2.75) is 19.1 Å². The SMILES string of the molecule is C=CCN(CC=C)C(=O)NC1CCCO1. The van der Waals surface area contributed by atoms with Crippen LogP contribution in [0.5, 0.6) is 0 Å². The van der Waals surface area contributed by atoms with Crippen molar-refractivity contribution >= 4 is 6.03 Å². The largest absolute Gasteiger partial charge is 0.358 e. The van der Waals surface area contributed by atoms with Gasteiger partial charge in [0.15, 0.2) is 0 Å². The van der Waals surface area contributed by atoms with Gasteiger partial charge in [0.2, 0.25) is 0 Å². The lowest BCUT2D eigenvalue weighted by molar-refractivity contribution is 0.0850. The fraction of sp³-hybridized carbons (Fsp3) is 0.545. The highest BCUT2D eigenvalue weighted by Crippen LogP contribution is 2.09. The maximum absolute atomic E-state index is 11.7. The summed E-state index contributed by atoms with van der Waals surface area (Å²) in [6, 6.07) is -0.123. The zero-order valence-electron chi connectivity index (χ0n) is 8.95. The van der Waals surface area contributed by atoms with Gasteiger partial charge in [0.25, 0.3) is 0 Å². The highest BCUT2D eigenvalue weighted by atomic mass is 16.5. The molecule has 0 radical (unpaired) electrons. The summed E-state index contributed by atoms with van der Waals surface area (Å²) in [4.78, 5) is 13.3. The van der Waals surface area contributed by atoms with E-state index in [0.29, 0.717) is 13.1 Å². The van der Waals surface area contributed by atoms with Gasteiger partial charge in [-0.3, -0.25) is 0 Å². The number of rotatable bonds is 5. The summed E-state index contributed by atoms with van der Waals surface area (Å²) in [5.41, 5.74) is 0. The normalized spacial score (nSPS) is 19.6. The van der Waals surface area contributed by atoms with E-state index in [-0.39, 0.29) is 12.3 Å². The third-order valence-electron chi connectivity index (χ3n) is 2.20. The van der Waals surface area contributed by atoms with Gasteiger partial charge in [-0.15, -0.1) is 13.2 Å². The second-order valence-electron chi connectivity index (χ2n) is 3.43. The Kier molecular flexibility index (Phi) is 4.90. The van der Waals surface area contributed by atoms with Gasteiger partial charge in [-0.25, -0.2) is 4.79 Å². The van der Waals surface area contributed by atoms with Crippen LogP contribution >= 0.6 is 0 Å². The molecule has 1 unspecified atom stereocenters. The fourth-order valence-corrected chi connectivity index (χ4v) is 1.47. The Bertz CT molecular complexity index is 225. The molecule has 0 aliphatic carbocycles. The zero-order valence-corrected chi connectivity index (χ0v) is 8.95. The second-order valence-corrected chi connectivity index (χ2v) is 3.43. The van der Waals surface area contributed by atoms with Gasteiger partial charge in [0.1, 0.15) is 6.23 Å². The molecule has 1 saturated heterocycles. The zero-order chi connectivity index (χ0) is 11.1. The lowest BCUT2D eigenvalue weighted by Gasteiger charge is -2.22. The van der Waals surface area contributed by atoms with Gasteiger partial charge >= 0.3 is 6.03 Å². The Morgan fingerprint density at radius 3 is 2.60 bits per heavy atom. The van der Waals surface area contributed by atoms with Crippen LogP contribution in [0.2, 0.25) is 0 Å². The standard InChI is InChI=1S/C11H18N2O2/c1-3-7-13(8-4-2)11(14)12-10-6-5-9-15-10/h3-4,10H,1-2,5-9H2,(H,12,14). The Labute approximate surface area is 90.6 Å². The summed E-state index contributed by atoms with van der Waals surface area (Å²) >= 11 is 0. The minimum Gasteiger partial charge on any atom is -0.358 e. The van der Waals surface area contributed by atoms with Crippen LogP contribution < -0.4 is 5.32 Å². The third kappa shape index (κ3) is 3.75. The molecule has 0 aromatic rings. The van der Waals surface area contributed by atoms with Gasteiger partial charge in [0, 0.05) is 19.7 Å². The van der Waals surface area contributed by atoms with Crippen LogP contribution in [0, 0.1) is 0 Å². The van der Waals surface area contributed by atoms with E-state index in [9.17, 15) is 4.79 Å². The van der Waals surface area contributed by atoms with Crippen molar-refractivity contribution in [2.24, 2.45) is 0 Å². The average Bonchev–Trinajstić information content (AvgIpc) is 2.70. The molecule has 1 fully saturated rings. The number of hydrogen-bond donors (Lipinski definition) is 1. The number of urea groups is 1. The average molecular weight is 210 g/mol. The molecule has 1 aliphatic rings. The van der Waals surface area contributed by atoms with E-state index in [2.05, 4.69) is 18.5 Å². The molecule has 4 heteroatoms. The summed E-state index contributed by atoms with van der Waals surface area (Å²) in [6.45, 7) is 8.99. The summed E-state index contributed by atoms with van der Waals surface area (Å²) in [6.07, 6.45) is 5.15. The molecule has 0 bridgehead atoms. The van der Waals surface area contributed by atoms with Gasteiger partial charge < -0.3 is 15.0 Å². The molecule has 0 saturated carbocycles. The van der Waals surface area contributed by atoms with E-state index >= 15 is 0 Å². The maximum atomic E-state index is 11.7. The van der Waals surface area contributed by atoms with Crippen LogP contribution in [0.25, 0.3) is 0 Å². The number of carbonyl (C=O) groups is 1. The van der Waals surface area contributed by atoms with Crippen LogP contribution in [-0.4, -0.2) is 36.9 Å². The Morgan fingerprint density at radius 2 is 2.13 bits per heavy atom. The molecule has 1 N–H and O–H groups in total. The van der Waals surface area contributed by atoms with Crippen LogP contribution in [0.3, 0.4) is 0 Å². The predicted octanol–water partition coefficient (Wildman–Crippen LogP) is 1.51. The summed E-state index contributed by atoms with van der Waals surface area (Å²) in [5, 5.41) is 2.82. The van der Waals surface area contributed by atoms with Crippen LogP contribution in [0.1, 0.15) is 12.8 Å². The first-order valence-corrected chi connectivity index (χ1v) is 5.16. The quantitative estimate of drug-likeness (QED) is 0.699. The summed E-state index contributed by atoms with van der Waals surface area (Å²) in [7, 11) is 0. The molecule has 1 aliphatic heterocycles. The van der Waals surface area contributed by atoms with E-state index in [0.717, 1.165) is 19.4 Å². The Hall–Kier alpha value is -1.29. The molecule has 0 aromatic heterocycles. The van der Waals surface area contributed by atoms with E-state index < -0.39 is 0 Å². The molecule has 1 rings (SSSR count). The number of amides is 2. The molecule has 0 spiro atoms. The first kappa shape index (κ1) is 11.8. The van der Waals surface area contributed by atoms with Crippen molar-refractivity contribution < 1.29 is 9.53 Å². The van der Waals surface area contributed by atoms with Gasteiger partial charge in [-0.05, 0) is 12.8 Å². The third-order valence-corrected chi connectivity index (χ3v) is 2.20. The van der Waals surface area contributed by atoms with Crippen LogP contribution in [0.15, 0.2) is 25.3 Å². The lowest BCUT2D eigenvalue weighted by Crippen LogP contribution is -2.44. The highest BCUT2D eigenvalue weighted by Gasteiger charge is 2.19. The molecule has 84 valence electrons.